The SMILES string of the molecule is COc1cccc([C@H](CC(=O)N2CCN(c3ccc([N+](=O)[O-])cc3)CC2)c2c[nH]c3ccccc23)c1OC. The van der Waals surface area contributed by atoms with Gasteiger partial charge in [-0.05, 0) is 29.8 Å². The van der Waals surface area contributed by atoms with Crippen LogP contribution < -0.4 is 14.4 Å². The van der Waals surface area contributed by atoms with E-state index < -0.39 is 4.92 Å². The summed E-state index contributed by atoms with van der Waals surface area (Å²) in [6.07, 6.45) is 2.26. The standard InChI is InChI=1S/C29H30N4O5/c1-37-27-9-5-7-23(29(27)38-2)24(25-19-30-26-8-4-3-6-22(25)26)18-28(34)32-16-14-31(15-17-32)20-10-12-21(13-11-20)33(35)36/h3-13,19,24,30H,14-18H2,1-2H3/t24-/m0/s1. The lowest BCUT2D eigenvalue weighted by atomic mass is 9.87. The summed E-state index contributed by atoms with van der Waals surface area (Å²) < 4.78 is 11.3. The quantitative estimate of drug-likeness (QED) is 0.263. The van der Waals surface area contributed by atoms with Gasteiger partial charge in [0, 0.05) is 79.0 Å². The van der Waals surface area contributed by atoms with Gasteiger partial charge in [0.05, 0.1) is 19.1 Å². The van der Waals surface area contributed by atoms with E-state index in [1.807, 2.05) is 47.5 Å². The summed E-state index contributed by atoms with van der Waals surface area (Å²) in [4.78, 5) is 31.6. The molecule has 0 radical (unpaired) electrons. The molecular weight excluding hydrogens is 484 g/mol. The molecule has 1 N–H and O–H groups in total. The smallest absolute Gasteiger partial charge is 0.269 e. The molecule has 38 heavy (non-hydrogen) atoms. The zero-order valence-electron chi connectivity index (χ0n) is 21.4. The van der Waals surface area contributed by atoms with Gasteiger partial charge >= 0.3 is 0 Å². The Kier molecular flexibility index (Phi) is 7.17. The maximum absolute atomic E-state index is 13.7. The number of nitro benzene ring substituents is 1. The summed E-state index contributed by atoms with van der Waals surface area (Å²) in [6.45, 7) is 2.46. The summed E-state index contributed by atoms with van der Waals surface area (Å²) in [5, 5.41) is 12.0. The zero-order valence-corrected chi connectivity index (χ0v) is 21.4. The lowest BCUT2D eigenvalue weighted by Crippen LogP contribution is -2.49. The summed E-state index contributed by atoms with van der Waals surface area (Å²) in [6, 6.07) is 20.4. The van der Waals surface area contributed by atoms with Crippen molar-refractivity contribution in [3.8, 4) is 11.5 Å². The van der Waals surface area contributed by atoms with E-state index >= 15 is 0 Å². The largest absolute Gasteiger partial charge is 0.493 e. The number of para-hydroxylation sites is 2. The maximum Gasteiger partial charge on any atom is 0.269 e. The second-order valence-corrected chi connectivity index (χ2v) is 9.27. The number of nitrogens with zero attached hydrogens (tertiary/aromatic N) is 3. The van der Waals surface area contributed by atoms with Crippen LogP contribution in [0.5, 0.6) is 11.5 Å². The summed E-state index contributed by atoms with van der Waals surface area (Å²) in [5.74, 6) is 1.07. The summed E-state index contributed by atoms with van der Waals surface area (Å²) >= 11 is 0. The van der Waals surface area contributed by atoms with Crippen LogP contribution in [0.15, 0.2) is 72.9 Å². The number of hydrogen-bond donors (Lipinski definition) is 1. The van der Waals surface area contributed by atoms with Crippen LogP contribution in [0.3, 0.4) is 0 Å². The Labute approximate surface area is 220 Å². The highest BCUT2D eigenvalue weighted by Gasteiger charge is 2.29. The van der Waals surface area contributed by atoms with E-state index in [1.54, 1.807) is 26.4 Å². The number of carbonyl (C=O) groups is 1. The Morgan fingerprint density at radius 2 is 1.68 bits per heavy atom. The van der Waals surface area contributed by atoms with E-state index in [0.29, 0.717) is 37.7 Å². The van der Waals surface area contributed by atoms with Crippen LogP contribution in [0.4, 0.5) is 11.4 Å². The molecule has 1 aliphatic heterocycles. The molecule has 9 nitrogen and oxygen atoms in total. The number of H-pyrrole nitrogens is 1. The number of ether oxygens (including phenoxy) is 2. The van der Waals surface area contributed by atoms with E-state index in [-0.39, 0.29) is 23.9 Å². The molecule has 1 aliphatic rings. The van der Waals surface area contributed by atoms with Crippen molar-refractivity contribution in [1.29, 1.82) is 0 Å². The number of nitrogens with one attached hydrogen (secondary N) is 1. The van der Waals surface area contributed by atoms with Gasteiger partial charge in [-0.15, -0.1) is 0 Å². The predicted molar refractivity (Wildman–Crippen MR) is 146 cm³/mol. The first-order valence-electron chi connectivity index (χ1n) is 12.5. The van der Waals surface area contributed by atoms with Crippen molar-refractivity contribution < 1.29 is 19.2 Å². The van der Waals surface area contributed by atoms with Gasteiger partial charge in [0.1, 0.15) is 0 Å². The minimum atomic E-state index is -0.401. The van der Waals surface area contributed by atoms with Crippen LogP contribution in [0.2, 0.25) is 0 Å². The molecule has 9 heteroatoms. The predicted octanol–water partition coefficient (Wildman–Crippen LogP) is 4.96. The molecule has 196 valence electrons. The number of methoxy groups -OCH3 is 2. The second kappa shape index (κ2) is 10.8. The molecule has 1 atom stereocenters. The molecule has 1 amide bonds. The number of hydrogen-bond acceptors (Lipinski definition) is 6. The van der Waals surface area contributed by atoms with Crippen molar-refractivity contribution in [2.75, 3.05) is 45.3 Å². The first kappa shape index (κ1) is 25.1. The number of rotatable bonds is 8. The van der Waals surface area contributed by atoms with Crippen LogP contribution >= 0.6 is 0 Å². The van der Waals surface area contributed by atoms with Crippen LogP contribution in [-0.4, -0.2) is 61.1 Å². The molecule has 0 spiro atoms. The fourth-order valence-corrected chi connectivity index (χ4v) is 5.26. The number of piperazine rings is 1. The number of aromatic nitrogens is 1. The lowest BCUT2D eigenvalue weighted by Gasteiger charge is -2.36. The van der Waals surface area contributed by atoms with Gasteiger partial charge in [-0.3, -0.25) is 14.9 Å². The normalized spacial score (nSPS) is 14.4. The fourth-order valence-electron chi connectivity index (χ4n) is 5.26. The molecule has 1 saturated heterocycles. The van der Waals surface area contributed by atoms with Crippen molar-refractivity contribution in [3.63, 3.8) is 0 Å². The van der Waals surface area contributed by atoms with Crippen molar-refractivity contribution in [2.24, 2.45) is 0 Å². The van der Waals surface area contributed by atoms with Gasteiger partial charge in [-0.2, -0.15) is 0 Å². The number of anilines is 1. The number of non-ortho nitro benzene ring substituents is 1. The highest BCUT2D eigenvalue weighted by molar-refractivity contribution is 5.86. The average Bonchev–Trinajstić information content (AvgIpc) is 3.39. The number of fused-ring (bicyclic) bond motifs is 1. The second-order valence-electron chi connectivity index (χ2n) is 9.27. The number of amides is 1. The highest BCUT2D eigenvalue weighted by Crippen LogP contribution is 2.42. The molecule has 1 aromatic heterocycles. The van der Waals surface area contributed by atoms with Crippen molar-refractivity contribution in [2.45, 2.75) is 12.3 Å². The summed E-state index contributed by atoms with van der Waals surface area (Å²) in [5.41, 5.74) is 3.93. The maximum atomic E-state index is 13.7. The van der Waals surface area contributed by atoms with Crippen LogP contribution in [0.1, 0.15) is 23.5 Å². The Hall–Kier alpha value is -4.53. The third kappa shape index (κ3) is 4.87. The van der Waals surface area contributed by atoms with Crippen molar-refractivity contribution in [1.82, 2.24) is 9.88 Å². The fraction of sp³-hybridized carbons (Fsp3) is 0.276. The number of nitro groups is 1. The lowest BCUT2D eigenvalue weighted by molar-refractivity contribution is -0.384. The van der Waals surface area contributed by atoms with Gasteiger partial charge in [0.2, 0.25) is 5.91 Å². The van der Waals surface area contributed by atoms with Crippen LogP contribution in [-0.2, 0) is 4.79 Å². The van der Waals surface area contributed by atoms with Crippen molar-refractivity contribution in [3.05, 3.63) is 94.2 Å². The molecule has 1 fully saturated rings. The van der Waals surface area contributed by atoms with Gasteiger partial charge in [-0.25, -0.2) is 0 Å². The van der Waals surface area contributed by atoms with E-state index in [0.717, 1.165) is 27.7 Å². The van der Waals surface area contributed by atoms with Crippen LogP contribution in [0.25, 0.3) is 10.9 Å². The molecule has 2 heterocycles. The Morgan fingerprint density at radius 3 is 2.37 bits per heavy atom. The Balaban J connectivity index is 1.38. The monoisotopic (exact) mass is 514 g/mol. The number of carbonyl (C=O) groups excluding carboxylic acids is 1. The first-order valence-corrected chi connectivity index (χ1v) is 12.5. The molecule has 0 saturated carbocycles. The van der Waals surface area contributed by atoms with E-state index in [1.165, 1.54) is 12.1 Å². The summed E-state index contributed by atoms with van der Waals surface area (Å²) in [7, 11) is 3.23. The topological polar surface area (TPSA) is 101 Å². The third-order valence-corrected chi connectivity index (χ3v) is 7.24. The number of benzene rings is 3. The zero-order chi connectivity index (χ0) is 26.6. The minimum absolute atomic E-state index is 0.0634. The molecular formula is C29H30N4O5. The van der Waals surface area contributed by atoms with Gasteiger partial charge in [0.25, 0.3) is 5.69 Å². The van der Waals surface area contributed by atoms with E-state index in [4.69, 9.17) is 9.47 Å². The van der Waals surface area contributed by atoms with E-state index in [2.05, 4.69) is 16.0 Å². The molecule has 5 rings (SSSR count). The third-order valence-electron chi connectivity index (χ3n) is 7.24. The van der Waals surface area contributed by atoms with Crippen LogP contribution in [0, 0.1) is 10.1 Å². The highest BCUT2D eigenvalue weighted by atomic mass is 16.6. The van der Waals surface area contributed by atoms with Crippen molar-refractivity contribution >= 4 is 28.2 Å². The first-order chi connectivity index (χ1) is 18.5. The molecule has 0 bridgehead atoms. The van der Waals surface area contributed by atoms with Gasteiger partial charge < -0.3 is 24.3 Å². The Morgan fingerprint density at radius 1 is 0.947 bits per heavy atom. The Bertz CT molecular complexity index is 1440. The molecule has 0 unspecified atom stereocenters. The average molecular weight is 515 g/mol. The molecule has 4 aromatic rings. The van der Waals surface area contributed by atoms with Gasteiger partial charge in [-0.1, -0.05) is 30.3 Å². The number of aromatic amines is 1. The minimum Gasteiger partial charge on any atom is -0.493 e. The van der Waals surface area contributed by atoms with Gasteiger partial charge in [0.15, 0.2) is 11.5 Å². The molecule has 3 aromatic carbocycles. The van der Waals surface area contributed by atoms with E-state index in [9.17, 15) is 14.9 Å². The molecule has 0 aliphatic carbocycles.